The minimum Gasteiger partial charge on any atom is -0.310 e. The largest absolute Gasteiger partial charge is 0.310 e. The summed E-state index contributed by atoms with van der Waals surface area (Å²) < 4.78 is 1.84. The van der Waals surface area contributed by atoms with Gasteiger partial charge in [-0.15, -0.1) is 5.10 Å². The maximum atomic E-state index is 4.02. The molecule has 0 radical (unpaired) electrons. The molecule has 0 saturated heterocycles. The summed E-state index contributed by atoms with van der Waals surface area (Å²) in [4.78, 5) is 0. The van der Waals surface area contributed by atoms with E-state index < -0.39 is 0 Å². The summed E-state index contributed by atoms with van der Waals surface area (Å²) in [7, 11) is 0. The molecule has 18 heavy (non-hydrogen) atoms. The number of aromatic nitrogens is 4. The van der Waals surface area contributed by atoms with E-state index in [4.69, 9.17) is 0 Å². The molecule has 0 atom stereocenters. The number of hydrogen-bond donors (Lipinski definition) is 1. The smallest absolute Gasteiger partial charge is 0.165 e. The Kier molecular flexibility index (Phi) is 4.41. The predicted molar refractivity (Wildman–Crippen MR) is 70.1 cm³/mol. The van der Waals surface area contributed by atoms with Crippen LogP contribution in [0.4, 0.5) is 0 Å². The van der Waals surface area contributed by atoms with E-state index in [1.807, 2.05) is 4.68 Å². The number of nitrogens with one attached hydrogen (secondary N) is 1. The van der Waals surface area contributed by atoms with Gasteiger partial charge in [0.05, 0.1) is 13.1 Å². The zero-order valence-corrected chi connectivity index (χ0v) is 10.9. The molecule has 5 heteroatoms. The number of rotatable bonds is 6. The lowest BCUT2D eigenvalue weighted by Crippen LogP contribution is -2.17. The van der Waals surface area contributed by atoms with Crippen LogP contribution in [-0.2, 0) is 19.5 Å². The van der Waals surface area contributed by atoms with Crippen LogP contribution >= 0.6 is 0 Å². The third-order valence-electron chi connectivity index (χ3n) is 2.90. The first-order chi connectivity index (χ1) is 8.83. The van der Waals surface area contributed by atoms with E-state index in [0.29, 0.717) is 6.54 Å². The molecule has 1 aromatic carbocycles. The van der Waals surface area contributed by atoms with Gasteiger partial charge in [0, 0.05) is 0 Å². The molecular formula is C13H19N5. The van der Waals surface area contributed by atoms with Crippen molar-refractivity contribution in [3.8, 4) is 0 Å². The Morgan fingerprint density at radius 2 is 1.83 bits per heavy atom. The van der Waals surface area contributed by atoms with E-state index in [1.54, 1.807) is 0 Å². The molecule has 1 heterocycles. The Morgan fingerprint density at radius 1 is 1.11 bits per heavy atom. The number of benzene rings is 1. The maximum Gasteiger partial charge on any atom is 0.165 e. The lowest BCUT2D eigenvalue weighted by Gasteiger charge is -2.06. The molecule has 0 aliphatic carbocycles. The fraction of sp³-hybridized carbons (Fsp3) is 0.462. The van der Waals surface area contributed by atoms with Crippen molar-refractivity contribution < 1.29 is 0 Å². The van der Waals surface area contributed by atoms with Crippen LogP contribution in [0.25, 0.3) is 0 Å². The SMILES string of the molecule is CCNCc1nnnn1Cc1ccc(CC)cc1. The van der Waals surface area contributed by atoms with Crippen molar-refractivity contribution in [2.75, 3.05) is 6.54 Å². The van der Waals surface area contributed by atoms with Gasteiger partial charge in [-0.1, -0.05) is 38.1 Å². The van der Waals surface area contributed by atoms with Gasteiger partial charge in [0.2, 0.25) is 0 Å². The third kappa shape index (κ3) is 3.13. The van der Waals surface area contributed by atoms with Gasteiger partial charge in [-0.25, -0.2) is 4.68 Å². The average molecular weight is 245 g/mol. The average Bonchev–Trinajstić information content (AvgIpc) is 2.84. The van der Waals surface area contributed by atoms with Crippen molar-refractivity contribution in [1.82, 2.24) is 25.5 Å². The van der Waals surface area contributed by atoms with E-state index in [0.717, 1.165) is 25.3 Å². The summed E-state index contributed by atoms with van der Waals surface area (Å²) in [6, 6.07) is 8.59. The Bertz CT molecular complexity index is 474. The molecule has 96 valence electrons. The van der Waals surface area contributed by atoms with Crippen LogP contribution in [0.5, 0.6) is 0 Å². The van der Waals surface area contributed by atoms with Gasteiger partial charge in [-0.3, -0.25) is 0 Å². The van der Waals surface area contributed by atoms with E-state index in [-0.39, 0.29) is 0 Å². The van der Waals surface area contributed by atoms with Crippen LogP contribution in [0.15, 0.2) is 24.3 Å². The fourth-order valence-corrected chi connectivity index (χ4v) is 1.76. The minimum atomic E-state index is 0.705. The van der Waals surface area contributed by atoms with Crippen molar-refractivity contribution in [1.29, 1.82) is 0 Å². The highest BCUT2D eigenvalue weighted by Crippen LogP contribution is 2.07. The topological polar surface area (TPSA) is 55.6 Å². The van der Waals surface area contributed by atoms with Crippen molar-refractivity contribution in [2.45, 2.75) is 33.4 Å². The lowest BCUT2D eigenvalue weighted by molar-refractivity contribution is 0.588. The summed E-state index contributed by atoms with van der Waals surface area (Å²) in [6.07, 6.45) is 1.07. The van der Waals surface area contributed by atoms with Gasteiger partial charge in [-0.2, -0.15) is 0 Å². The van der Waals surface area contributed by atoms with Gasteiger partial charge in [-0.05, 0) is 34.5 Å². The molecule has 0 aliphatic heterocycles. The van der Waals surface area contributed by atoms with E-state index in [1.165, 1.54) is 11.1 Å². The molecule has 1 N–H and O–H groups in total. The Morgan fingerprint density at radius 3 is 2.50 bits per heavy atom. The first kappa shape index (κ1) is 12.7. The second-order valence-corrected chi connectivity index (χ2v) is 4.20. The first-order valence-electron chi connectivity index (χ1n) is 6.37. The molecule has 0 amide bonds. The molecule has 0 fully saturated rings. The fourth-order valence-electron chi connectivity index (χ4n) is 1.76. The number of nitrogens with zero attached hydrogens (tertiary/aromatic N) is 4. The third-order valence-corrected chi connectivity index (χ3v) is 2.90. The predicted octanol–water partition coefficient (Wildman–Crippen LogP) is 1.39. The van der Waals surface area contributed by atoms with Crippen molar-refractivity contribution in [3.63, 3.8) is 0 Å². The lowest BCUT2D eigenvalue weighted by atomic mass is 10.1. The molecular weight excluding hydrogens is 226 g/mol. The molecule has 5 nitrogen and oxygen atoms in total. The molecule has 0 unspecified atom stereocenters. The van der Waals surface area contributed by atoms with Gasteiger partial charge in [0.15, 0.2) is 5.82 Å². The molecule has 2 rings (SSSR count). The quantitative estimate of drug-likeness (QED) is 0.835. The van der Waals surface area contributed by atoms with Crippen molar-refractivity contribution >= 4 is 0 Å². The summed E-state index contributed by atoms with van der Waals surface area (Å²) in [5.74, 6) is 0.872. The summed E-state index contributed by atoms with van der Waals surface area (Å²) in [5.41, 5.74) is 2.57. The second-order valence-electron chi connectivity index (χ2n) is 4.20. The van der Waals surface area contributed by atoms with Crippen LogP contribution in [0.3, 0.4) is 0 Å². The van der Waals surface area contributed by atoms with E-state index >= 15 is 0 Å². The summed E-state index contributed by atoms with van der Waals surface area (Å²) >= 11 is 0. The summed E-state index contributed by atoms with van der Waals surface area (Å²) in [5, 5.41) is 15.0. The first-order valence-corrected chi connectivity index (χ1v) is 6.37. The van der Waals surface area contributed by atoms with E-state index in [2.05, 4.69) is 59.0 Å². The zero-order valence-electron chi connectivity index (χ0n) is 10.9. The number of tetrazole rings is 1. The second kappa shape index (κ2) is 6.26. The summed E-state index contributed by atoms with van der Waals surface area (Å²) in [6.45, 7) is 6.56. The Hall–Kier alpha value is -1.75. The van der Waals surface area contributed by atoms with Crippen LogP contribution in [0.2, 0.25) is 0 Å². The normalized spacial score (nSPS) is 10.8. The van der Waals surface area contributed by atoms with Crippen LogP contribution in [0.1, 0.15) is 30.8 Å². The minimum absolute atomic E-state index is 0.705. The van der Waals surface area contributed by atoms with Gasteiger partial charge < -0.3 is 5.32 Å². The molecule has 0 bridgehead atoms. The monoisotopic (exact) mass is 245 g/mol. The molecule has 0 aliphatic rings. The molecule has 0 spiro atoms. The Labute approximate surface area is 107 Å². The number of hydrogen-bond acceptors (Lipinski definition) is 4. The van der Waals surface area contributed by atoms with Gasteiger partial charge in [0.25, 0.3) is 0 Å². The molecule has 2 aromatic rings. The molecule has 1 aromatic heterocycles. The van der Waals surface area contributed by atoms with E-state index in [9.17, 15) is 0 Å². The Balaban J connectivity index is 2.05. The molecule has 0 saturated carbocycles. The van der Waals surface area contributed by atoms with Crippen LogP contribution < -0.4 is 5.32 Å². The van der Waals surface area contributed by atoms with Gasteiger partial charge in [0.1, 0.15) is 0 Å². The highest BCUT2D eigenvalue weighted by molar-refractivity contribution is 5.22. The van der Waals surface area contributed by atoms with Crippen LogP contribution in [0, 0.1) is 0 Å². The standard InChI is InChI=1S/C13H19N5/c1-3-11-5-7-12(8-6-11)10-18-13(9-14-4-2)15-16-17-18/h5-8,14H,3-4,9-10H2,1-2H3. The van der Waals surface area contributed by atoms with Gasteiger partial charge >= 0.3 is 0 Å². The van der Waals surface area contributed by atoms with Crippen molar-refractivity contribution in [3.05, 3.63) is 41.2 Å². The van der Waals surface area contributed by atoms with Crippen LogP contribution in [-0.4, -0.2) is 26.8 Å². The number of aryl methyl sites for hydroxylation is 1. The highest BCUT2D eigenvalue weighted by Gasteiger charge is 2.05. The zero-order chi connectivity index (χ0) is 12.8. The van der Waals surface area contributed by atoms with Crippen molar-refractivity contribution in [2.24, 2.45) is 0 Å². The highest BCUT2D eigenvalue weighted by atomic mass is 15.5. The maximum absolute atomic E-state index is 4.02.